The highest BCUT2D eigenvalue weighted by atomic mass is 16.5. The Morgan fingerprint density at radius 2 is 2.20 bits per heavy atom. The van der Waals surface area contributed by atoms with Crippen molar-refractivity contribution in [3.05, 3.63) is 30.1 Å². The van der Waals surface area contributed by atoms with Gasteiger partial charge in [0, 0.05) is 13.0 Å². The van der Waals surface area contributed by atoms with Crippen LogP contribution >= 0.6 is 0 Å². The number of benzene rings is 1. The van der Waals surface area contributed by atoms with Gasteiger partial charge in [0.25, 0.3) is 0 Å². The molecule has 0 unspecified atom stereocenters. The zero-order valence-corrected chi connectivity index (χ0v) is 11.3. The molecule has 2 rings (SSSR count). The van der Waals surface area contributed by atoms with Crippen molar-refractivity contribution in [2.75, 3.05) is 13.7 Å². The molecule has 0 aliphatic carbocycles. The van der Waals surface area contributed by atoms with E-state index in [4.69, 9.17) is 0 Å². The normalized spacial score (nSPS) is 10.4. The van der Waals surface area contributed by atoms with Gasteiger partial charge < -0.3 is 15.0 Å². The third-order valence-electron chi connectivity index (χ3n) is 3.00. The Morgan fingerprint density at radius 1 is 1.35 bits per heavy atom. The third-order valence-corrected chi connectivity index (χ3v) is 3.00. The van der Waals surface area contributed by atoms with Gasteiger partial charge in [-0.2, -0.15) is 0 Å². The molecule has 0 aliphatic heterocycles. The van der Waals surface area contributed by atoms with E-state index in [0.717, 1.165) is 23.0 Å². The van der Waals surface area contributed by atoms with Crippen molar-refractivity contribution in [2.24, 2.45) is 0 Å². The van der Waals surface area contributed by atoms with Crippen molar-refractivity contribution >= 4 is 22.9 Å². The van der Waals surface area contributed by atoms with Gasteiger partial charge in [0.05, 0.1) is 30.9 Å². The number of nitrogens with one attached hydrogen (secondary N) is 2. The summed E-state index contributed by atoms with van der Waals surface area (Å²) in [4.78, 5) is 29.6. The molecule has 0 aliphatic rings. The van der Waals surface area contributed by atoms with Crippen LogP contribution in [0.1, 0.15) is 18.4 Å². The summed E-state index contributed by atoms with van der Waals surface area (Å²) in [7, 11) is 1.31. The molecule has 2 aromatic rings. The van der Waals surface area contributed by atoms with E-state index in [0.29, 0.717) is 6.54 Å². The number of esters is 1. The SMILES string of the molecule is COC(=O)CCC(=O)NCCc1ccc2nc[nH]c2c1. The number of carbonyl (C=O) groups excluding carboxylic acids is 2. The fourth-order valence-electron chi connectivity index (χ4n) is 1.89. The van der Waals surface area contributed by atoms with E-state index < -0.39 is 0 Å². The highest BCUT2D eigenvalue weighted by molar-refractivity contribution is 5.81. The van der Waals surface area contributed by atoms with Crippen LogP contribution in [0.15, 0.2) is 24.5 Å². The minimum atomic E-state index is -0.371. The second-order valence-corrected chi connectivity index (χ2v) is 4.43. The average Bonchev–Trinajstić information content (AvgIpc) is 2.92. The number of nitrogens with zero attached hydrogens (tertiary/aromatic N) is 1. The van der Waals surface area contributed by atoms with Gasteiger partial charge in [0.1, 0.15) is 0 Å². The second kappa shape index (κ2) is 6.70. The Balaban J connectivity index is 1.74. The number of methoxy groups -OCH3 is 1. The molecule has 1 aromatic carbocycles. The lowest BCUT2D eigenvalue weighted by molar-refractivity contribution is -0.142. The minimum absolute atomic E-state index is 0.114. The average molecular weight is 275 g/mol. The number of hydrogen-bond donors (Lipinski definition) is 2. The third kappa shape index (κ3) is 3.81. The van der Waals surface area contributed by atoms with E-state index in [2.05, 4.69) is 20.0 Å². The van der Waals surface area contributed by atoms with Crippen molar-refractivity contribution in [3.63, 3.8) is 0 Å². The van der Waals surface area contributed by atoms with E-state index >= 15 is 0 Å². The summed E-state index contributed by atoms with van der Waals surface area (Å²) in [5, 5.41) is 2.78. The molecule has 6 nitrogen and oxygen atoms in total. The molecule has 0 fully saturated rings. The fraction of sp³-hybridized carbons (Fsp3) is 0.357. The quantitative estimate of drug-likeness (QED) is 0.775. The topological polar surface area (TPSA) is 84.1 Å². The lowest BCUT2D eigenvalue weighted by atomic mass is 10.1. The molecule has 20 heavy (non-hydrogen) atoms. The molecule has 0 bridgehead atoms. The number of fused-ring (bicyclic) bond motifs is 1. The van der Waals surface area contributed by atoms with E-state index in [-0.39, 0.29) is 24.7 Å². The first-order valence-electron chi connectivity index (χ1n) is 6.44. The second-order valence-electron chi connectivity index (χ2n) is 4.43. The van der Waals surface area contributed by atoms with Crippen molar-refractivity contribution in [3.8, 4) is 0 Å². The van der Waals surface area contributed by atoms with Crippen LogP contribution in [0, 0.1) is 0 Å². The molecule has 2 N–H and O–H groups in total. The van der Waals surface area contributed by atoms with Gasteiger partial charge in [-0.25, -0.2) is 4.98 Å². The Labute approximate surface area is 116 Å². The van der Waals surface area contributed by atoms with Crippen molar-refractivity contribution in [1.29, 1.82) is 0 Å². The van der Waals surface area contributed by atoms with Crippen LogP contribution in [0.5, 0.6) is 0 Å². The van der Waals surface area contributed by atoms with Gasteiger partial charge in [-0.3, -0.25) is 9.59 Å². The molecule has 1 aromatic heterocycles. The van der Waals surface area contributed by atoms with Crippen LogP contribution in [-0.4, -0.2) is 35.5 Å². The smallest absolute Gasteiger partial charge is 0.306 e. The number of rotatable bonds is 6. The van der Waals surface area contributed by atoms with Crippen LogP contribution in [-0.2, 0) is 20.7 Å². The number of amides is 1. The maximum absolute atomic E-state index is 11.5. The zero-order chi connectivity index (χ0) is 14.4. The Kier molecular flexibility index (Phi) is 4.70. The van der Waals surface area contributed by atoms with Crippen molar-refractivity contribution in [1.82, 2.24) is 15.3 Å². The molecule has 106 valence electrons. The molecule has 1 heterocycles. The van der Waals surface area contributed by atoms with Crippen LogP contribution < -0.4 is 5.32 Å². The molecule has 1 amide bonds. The van der Waals surface area contributed by atoms with Crippen LogP contribution in [0.2, 0.25) is 0 Å². The van der Waals surface area contributed by atoms with Crippen molar-refractivity contribution < 1.29 is 14.3 Å². The highest BCUT2D eigenvalue weighted by Crippen LogP contribution is 2.11. The number of aromatic amines is 1. The monoisotopic (exact) mass is 275 g/mol. The molecule has 0 spiro atoms. The van der Waals surface area contributed by atoms with Gasteiger partial charge in [-0.15, -0.1) is 0 Å². The van der Waals surface area contributed by atoms with Crippen LogP contribution in [0.3, 0.4) is 0 Å². The molecule has 0 radical (unpaired) electrons. The van der Waals surface area contributed by atoms with E-state index in [9.17, 15) is 9.59 Å². The minimum Gasteiger partial charge on any atom is -0.469 e. The first-order chi connectivity index (χ1) is 9.69. The Bertz CT molecular complexity index is 606. The molecular formula is C14H17N3O3. The predicted octanol–water partition coefficient (Wildman–Crippen LogP) is 1.17. The molecule has 0 saturated carbocycles. The molecule has 0 saturated heterocycles. The van der Waals surface area contributed by atoms with Crippen molar-refractivity contribution in [2.45, 2.75) is 19.3 Å². The maximum atomic E-state index is 11.5. The Hall–Kier alpha value is -2.37. The summed E-state index contributed by atoms with van der Waals surface area (Å²) in [6, 6.07) is 5.95. The fourth-order valence-corrected chi connectivity index (χ4v) is 1.89. The predicted molar refractivity (Wildman–Crippen MR) is 74.1 cm³/mol. The van der Waals surface area contributed by atoms with Crippen LogP contribution in [0.25, 0.3) is 11.0 Å². The zero-order valence-electron chi connectivity index (χ0n) is 11.3. The van der Waals surface area contributed by atoms with Gasteiger partial charge in [0.2, 0.25) is 5.91 Å². The number of imidazole rings is 1. The maximum Gasteiger partial charge on any atom is 0.306 e. The number of hydrogen-bond acceptors (Lipinski definition) is 4. The standard InChI is InChI=1S/C14H17N3O3/c1-20-14(19)5-4-13(18)15-7-6-10-2-3-11-12(8-10)17-9-16-11/h2-3,8-9H,4-7H2,1H3,(H,15,18)(H,16,17). The first kappa shape index (κ1) is 14.0. The lowest BCUT2D eigenvalue weighted by Gasteiger charge is -2.05. The highest BCUT2D eigenvalue weighted by Gasteiger charge is 2.06. The molecular weight excluding hydrogens is 258 g/mol. The number of carbonyl (C=O) groups is 2. The van der Waals surface area contributed by atoms with Gasteiger partial charge in [0.15, 0.2) is 0 Å². The number of H-pyrrole nitrogens is 1. The summed E-state index contributed by atoms with van der Waals surface area (Å²) in [5.74, 6) is -0.511. The van der Waals surface area contributed by atoms with Gasteiger partial charge in [-0.05, 0) is 24.1 Å². The number of ether oxygens (including phenoxy) is 1. The first-order valence-corrected chi connectivity index (χ1v) is 6.44. The van der Waals surface area contributed by atoms with Crippen LogP contribution in [0.4, 0.5) is 0 Å². The van der Waals surface area contributed by atoms with E-state index in [1.807, 2.05) is 18.2 Å². The van der Waals surface area contributed by atoms with E-state index in [1.165, 1.54) is 7.11 Å². The van der Waals surface area contributed by atoms with Gasteiger partial charge >= 0.3 is 5.97 Å². The summed E-state index contributed by atoms with van der Waals surface area (Å²) >= 11 is 0. The summed E-state index contributed by atoms with van der Waals surface area (Å²) in [5.41, 5.74) is 3.03. The number of aromatic nitrogens is 2. The molecule has 0 atom stereocenters. The summed E-state index contributed by atoms with van der Waals surface area (Å²) in [6.07, 6.45) is 2.66. The summed E-state index contributed by atoms with van der Waals surface area (Å²) < 4.78 is 4.48. The molecule has 6 heteroatoms. The summed E-state index contributed by atoms with van der Waals surface area (Å²) in [6.45, 7) is 0.541. The lowest BCUT2D eigenvalue weighted by Crippen LogP contribution is -2.26. The Morgan fingerprint density at radius 3 is 3.00 bits per heavy atom. The van der Waals surface area contributed by atoms with Gasteiger partial charge in [-0.1, -0.05) is 6.07 Å². The van der Waals surface area contributed by atoms with E-state index in [1.54, 1.807) is 6.33 Å². The largest absolute Gasteiger partial charge is 0.469 e.